The number of methoxy groups -OCH3 is 1. The number of imidazole rings is 1. The number of rotatable bonds is 7. The van der Waals surface area contributed by atoms with Crippen LogP contribution in [0.3, 0.4) is 0 Å². The zero-order valence-corrected chi connectivity index (χ0v) is 20.4. The maximum absolute atomic E-state index is 13.5. The highest BCUT2D eigenvalue weighted by Gasteiger charge is 2.24. The van der Waals surface area contributed by atoms with E-state index in [1.54, 1.807) is 30.2 Å². The monoisotopic (exact) mass is 490 g/mol. The molecule has 2 saturated heterocycles. The van der Waals surface area contributed by atoms with Crippen molar-refractivity contribution >= 4 is 34.5 Å². The molecule has 2 aliphatic rings. The summed E-state index contributed by atoms with van der Waals surface area (Å²) < 4.78 is 16.7. The Hall–Kier alpha value is -3.85. The number of hydrogen-bond acceptors (Lipinski definition) is 6. The van der Waals surface area contributed by atoms with Gasteiger partial charge in [0.15, 0.2) is 18.1 Å². The molecule has 36 heavy (non-hydrogen) atoms. The SMILES string of the molecule is COc1cc(/C=C(/C(=O)N2CCOCC2)c2nc3ccccc3[nH]2)ccc1OCC(=O)N1CCCC1. The number of H-pyrrole nitrogens is 1. The number of aromatic amines is 1. The van der Waals surface area contributed by atoms with E-state index < -0.39 is 0 Å². The van der Waals surface area contributed by atoms with Gasteiger partial charge in [-0.15, -0.1) is 0 Å². The number of aromatic nitrogens is 2. The van der Waals surface area contributed by atoms with Gasteiger partial charge in [-0.3, -0.25) is 9.59 Å². The minimum Gasteiger partial charge on any atom is -0.493 e. The third-order valence-corrected chi connectivity index (χ3v) is 6.48. The third kappa shape index (κ3) is 5.21. The minimum absolute atomic E-state index is 0.0261. The third-order valence-electron chi connectivity index (χ3n) is 6.48. The molecular formula is C27H30N4O5. The van der Waals surface area contributed by atoms with E-state index in [-0.39, 0.29) is 18.4 Å². The number of para-hydroxylation sites is 2. The maximum atomic E-state index is 13.5. The molecule has 5 rings (SSSR count). The number of carbonyl (C=O) groups is 2. The Morgan fingerprint density at radius 1 is 1.03 bits per heavy atom. The first-order valence-corrected chi connectivity index (χ1v) is 12.2. The number of morpholine rings is 1. The summed E-state index contributed by atoms with van der Waals surface area (Å²) in [4.78, 5) is 37.5. The Kier molecular flexibility index (Phi) is 7.18. The molecule has 2 amide bonds. The Bertz CT molecular complexity index is 1240. The van der Waals surface area contributed by atoms with E-state index in [2.05, 4.69) is 9.97 Å². The zero-order chi connectivity index (χ0) is 24.9. The molecule has 0 radical (unpaired) electrons. The number of nitrogens with one attached hydrogen (secondary N) is 1. The van der Waals surface area contributed by atoms with Crippen molar-refractivity contribution in [1.82, 2.24) is 19.8 Å². The van der Waals surface area contributed by atoms with Gasteiger partial charge in [0.25, 0.3) is 11.8 Å². The summed E-state index contributed by atoms with van der Waals surface area (Å²) in [6.07, 6.45) is 3.87. The highest BCUT2D eigenvalue weighted by atomic mass is 16.5. The van der Waals surface area contributed by atoms with Crippen LogP contribution >= 0.6 is 0 Å². The number of likely N-dealkylation sites (tertiary alicyclic amines) is 1. The fraction of sp³-hybridized carbons (Fsp3) is 0.370. The highest BCUT2D eigenvalue weighted by molar-refractivity contribution is 6.23. The van der Waals surface area contributed by atoms with E-state index in [0.29, 0.717) is 49.2 Å². The van der Waals surface area contributed by atoms with Gasteiger partial charge in [-0.2, -0.15) is 0 Å². The van der Waals surface area contributed by atoms with Crippen LogP contribution in [0.25, 0.3) is 22.7 Å². The lowest BCUT2D eigenvalue weighted by Gasteiger charge is -2.27. The molecule has 2 fully saturated rings. The van der Waals surface area contributed by atoms with Crippen LogP contribution in [0.4, 0.5) is 0 Å². The lowest BCUT2D eigenvalue weighted by molar-refractivity contribution is -0.132. The molecule has 9 heteroatoms. The minimum atomic E-state index is -0.118. The van der Waals surface area contributed by atoms with Crippen LogP contribution in [0, 0.1) is 0 Å². The van der Waals surface area contributed by atoms with Crippen LogP contribution < -0.4 is 9.47 Å². The van der Waals surface area contributed by atoms with Crippen molar-refractivity contribution in [3.05, 3.63) is 53.9 Å². The largest absolute Gasteiger partial charge is 0.493 e. The second-order valence-corrected chi connectivity index (χ2v) is 8.85. The summed E-state index contributed by atoms with van der Waals surface area (Å²) in [5.74, 6) is 1.32. The molecule has 9 nitrogen and oxygen atoms in total. The van der Waals surface area contributed by atoms with Crippen LogP contribution in [0.5, 0.6) is 11.5 Å². The maximum Gasteiger partial charge on any atom is 0.260 e. The molecule has 0 atom stereocenters. The Morgan fingerprint density at radius 3 is 2.56 bits per heavy atom. The standard InChI is InChI=1S/C27H30N4O5/c1-34-24-17-19(8-9-23(24)36-18-25(32)30-10-4-5-11-30)16-20(27(33)31-12-14-35-15-13-31)26-28-21-6-2-3-7-22(21)29-26/h2-3,6-9,16-17H,4-5,10-15,18H2,1H3,(H,28,29)/b20-16+. The molecule has 3 heterocycles. The van der Waals surface area contributed by atoms with Gasteiger partial charge in [0.05, 0.1) is 36.9 Å². The summed E-state index contributed by atoms with van der Waals surface area (Å²) in [6, 6.07) is 13.1. The Morgan fingerprint density at radius 2 is 1.81 bits per heavy atom. The van der Waals surface area contributed by atoms with Gasteiger partial charge in [-0.05, 0) is 48.7 Å². The number of benzene rings is 2. The van der Waals surface area contributed by atoms with Crippen molar-refractivity contribution in [2.24, 2.45) is 0 Å². The molecule has 0 bridgehead atoms. The number of ether oxygens (including phenoxy) is 3. The molecule has 0 saturated carbocycles. The number of nitrogens with zero attached hydrogens (tertiary/aromatic N) is 3. The first kappa shape index (κ1) is 23.9. The summed E-state index contributed by atoms with van der Waals surface area (Å²) in [7, 11) is 1.55. The quantitative estimate of drug-likeness (QED) is 0.512. The van der Waals surface area contributed by atoms with Crippen molar-refractivity contribution < 1.29 is 23.8 Å². The number of hydrogen-bond donors (Lipinski definition) is 1. The Balaban J connectivity index is 1.43. The molecule has 3 aromatic rings. The normalized spacial score (nSPS) is 16.4. The topological polar surface area (TPSA) is 97.0 Å². The Labute approximate surface area is 209 Å². The van der Waals surface area contributed by atoms with E-state index in [1.165, 1.54) is 0 Å². The first-order valence-electron chi connectivity index (χ1n) is 12.2. The van der Waals surface area contributed by atoms with Crippen molar-refractivity contribution in [1.29, 1.82) is 0 Å². The summed E-state index contributed by atoms with van der Waals surface area (Å²) in [5.41, 5.74) is 2.85. The van der Waals surface area contributed by atoms with Crippen LogP contribution in [0.2, 0.25) is 0 Å². The molecule has 0 aliphatic carbocycles. The number of carbonyl (C=O) groups excluding carboxylic acids is 2. The second kappa shape index (κ2) is 10.8. The van der Waals surface area contributed by atoms with Crippen molar-refractivity contribution in [2.45, 2.75) is 12.8 Å². The predicted molar refractivity (Wildman–Crippen MR) is 136 cm³/mol. The lowest BCUT2D eigenvalue weighted by Crippen LogP contribution is -2.41. The van der Waals surface area contributed by atoms with Crippen molar-refractivity contribution in [2.75, 3.05) is 53.1 Å². The molecular weight excluding hydrogens is 460 g/mol. The summed E-state index contributed by atoms with van der Waals surface area (Å²) in [5, 5.41) is 0. The fourth-order valence-electron chi connectivity index (χ4n) is 4.51. The van der Waals surface area contributed by atoms with Gasteiger partial charge in [0, 0.05) is 26.2 Å². The summed E-state index contributed by atoms with van der Waals surface area (Å²) in [6.45, 7) is 3.60. The van der Waals surface area contributed by atoms with Gasteiger partial charge in [-0.25, -0.2) is 4.98 Å². The number of fused-ring (bicyclic) bond motifs is 1. The van der Waals surface area contributed by atoms with Gasteiger partial charge in [0.2, 0.25) is 0 Å². The summed E-state index contributed by atoms with van der Waals surface area (Å²) >= 11 is 0. The fourth-order valence-corrected chi connectivity index (χ4v) is 4.51. The lowest BCUT2D eigenvalue weighted by atomic mass is 10.1. The van der Waals surface area contributed by atoms with E-state index in [4.69, 9.17) is 14.2 Å². The van der Waals surface area contributed by atoms with Crippen LogP contribution in [-0.4, -0.2) is 84.7 Å². The second-order valence-electron chi connectivity index (χ2n) is 8.85. The number of amides is 2. The molecule has 0 unspecified atom stereocenters. The average Bonchev–Trinajstić information content (AvgIpc) is 3.61. The van der Waals surface area contributed by atoms with Gasteiger partial charge >= 0.3 is 0 Å². The molecule has 1 aromatic heterocycles. The van der Waals surface area contributed by atoms with Crippen molar-refractivity contribution in [3.8, 4) is 11.5 Å². The molecule has 1 N–H and O–H groups in total. The van der Waals surface area contributed by atoms with Gasteiger partial charge in [-0.1, -0.05) is 18.2 Å². The molecule has 0 spiro atoms. The van der Waals surface area contributed by atoms with Crippen molar-refractivity contribution in [3.63, 3.8) is 0 Å². The van der Waals surface area contributed by atoms with Crippen LogP contribution in [0.1, 0.15) is 24.2 Å². The molecule has 2 aromatic carbocycles. The van der Waals surface area contributed by atoms with E-state index in [9.17, 15) is 9.59 Å². The predicted octanol–water partition coefficient (Wildman–Crippen LogP) is 2.97. The van der Waals surface area contributed by atoms with Gasteiger partial charge in [0.1, 0.15) is 5.82 Å². The van der Waals surface area contributed by atoms with Crippen LogP contribution in [-0.2, 0) is 14.3 Å². The zero-order valence-electron chi connectivity index (χ0n) is 20.4. The smallest absolute Gasteiger partial charge is 0.260 e. The average molecular weight is 491 g/mol. The van der Waals surface area contributed by atoms with E-state index in [1.807, 2.05) is 35.2 Å². The first-order chi connectivity index (χ1) is 17.6. The van der Waals surface area contributed by atoms with E-state index in [0.717, 1.165) is 42.5 Å². The van der Waals surface area contributed by atoms with Gasteiger partial charge < -0.3 is 29.0 Å². The van der Waals surface area contributed by atoms with Crippen LogP contribution in [0.15, 0.2) is 42.5 Å². The highest BCUT2D eigenvalue weighted by Crippen LogP contribution is 2.30. The molecule has 188 valence electrons. The van der Waals surface area contributed by atoms with E-state index >= 15 is 0 Å². The molecule has 2 aliphatic heterocycles.